The molecule has 8 nitrogen and oxygen atoms in total. The number of benzene rings is 2. The van der Waals surface area contributed by atoms with Gasteiger partial charge in [-0.15, -0.1) is 0 Å². The number of carbonyl (C=O) groups is 4. The summed E-state index contributed by atoms with van der Waals surface area (Å²) in [6.07, 6.45) is -0.443. The molecule has 0 atom stereocenters. The number of rotatable bonds is 7. The molecule has 0 heterocycles. The van der Waals surface area contributed by atoms with E-state index in [1.165, 1.54) is 12.1 Å². The van der Waals surface area contributed by atoms with Gasteiger partial charge in [-0.05, 0) is 36.4 Å². The van der Waals surface area contributed by atoms with E-state index >= 15 is 0 Å². The van der Waals surface area contributed by atoms with Gasteiger partial charge in [0.15, 0.2) is 6.61 Å². The zero-order valence-corrected chi connectivity index (χ0v) is 15.5. The quantitative estimate of drug-likeness (QED) is 0.483. The van der Waals surface area contributed by atoms with Gasteiger partial charge in [0.25, 0.3) is 11.8 Å². The minimum Gasteiger partial charge on any atom is -0.456 e. The summed E-state index contributed by atoms with van der Waals surface area (Å²) in [4.78, 5) is 46.8. The van der Waals surface area contributed by atoms with Crippen LogP contribution in [0.4, 0.5) is 5.69 Å². The summed E-state index contributed by atoms with van der Waals surface area (Å²) in [7, 11) is 0. The molecule has 3 amide bonds. The summed E-state index contributed by atoms with van der Waals surface area (Å²) in [5.41, 5.74) is 5.31. The Kier molecular flexibility index (Phi) is 7.98. The van der Waals surface area contributed by atoms with Crippen LogP contribution in [-0.2, 0) is 19.1 Å². The number of amides is 3. The van der Waals surface area contributed by atoms with E-state index < -0.39 is 30.3 Å². The molecule has 0 aliphatic carbocycles. The number of halogens is 1. The van der Waals surface area contributed by atoms with Crippen LogP contribution in [0.2, 0.25) is 5.02 Å². The van der Waals surface area contributed by atoms with Gasteiger partial charge >= 0.3 is 5.97 Å². The Bertz CT molecular complexity index is 840. The summed E-state index contributed by atoms with van der Waals surface area (Å²) < 4.78 is 4.80. The highest BCUT2D eigenvalue weighted by Gasteiger charge is 2.12. The third-order valence-electron chi connectivity index (χ3n) is 3.40. The zero-order valence-electron chi connectivity index (χ0n) is 14.7. The fraction of sp³-hybridized carbons (Fsp3) is 0.158. The average Bonchev–Trinajstić information content (AvgIpc) is 2.70. The molecule has 2 aromatic carbocycles. The first-order valence-corrected chi connectivity index (χ1v) is 8.67. The van der Waals surface area contributed by atoms with Gasteiger partial charge < -0.3 is 10.1 Å². The predicted molar refractivity (Wildman–Crippen MR) is 102 cm³/mol. The molecule has 2 rings (SSSR count). The van der Waals surface area contributed by atoms with Gasteiger partial charge in [-0.2, -0.15) is 0 Å². The lowest BCUT2D eigenvalue weighted by Crippen LogP contribution is -2.41. The SMILES string of the molecule is O=C(CCC(=O)OCC(=O)Nc1ccccc1)NNC(=O)c1ccc(Cl)cc1. The molecule has 0 saturated heterocycles. The molecule has 0 fully saturated rings. The first-order chi connectivity index (χ1) is 13.4. The normalized spacial score (nSPS) is 9.89. The lowest BCUT2D eigenvalue weighted by molar-refractivity contribution is -0.148. The van der Waals surface area contributed by atoms with E-state index in [0.29, 0.717) is 16.3 Å². The standard InChI is InChI=1S/C19H18ClN3O5/c20-14-8-6-13(7-9-14)19(27)23-22-16(24)10-11-18(26)28-12-17(25)21-15-4-2-1-3-5-15/h1-9H,10-12H2,(H,21,25)(H,22,24)(H,23,27). The molecule has 0 bridgehead atoms. The van der Waals surface area contributed by atoms with Gasteiger partial charge in [-0.3, -0.25) is 30.0 Å². The summed E-state index contributed by atoms with van der Waals surface area (Å²) in [5.74, 6) is -2.29. The molecule has 0 aliphatic heterocycles. The lowest BCUT2D eigenvalue weighted by atomic mass is 10.2. The van der Waals surface area contributed by atoms with Crippen LogP contribution in [0.15, 0.2) is 54.6 Å². The van der Waals surface area contributed by atoms with Crippen LogP contribution in [0.25, 0.3) is 0 Å². The van der Waals surface area contributed by atoms with Crippen molar-refractivity contribution in [2.75, 3.05) is 11.9 Å². The maximum absolute atomic E-state index is 11.8. The van der Waals surface area contributed by atoms with Crippen molar-refractivity contribution >= 4 is 41.0 Å². The molecule has 0 aliphatic rings. The second-order valence-electron chi connectivity index (χ2n) is 5.58. The van der Waals surface area contributed by atoms with Gasteiger partial charge in [0.05, 0.1) is 6.42 Å². The first kappa shape index (κ1) is 20.9. The van der Waals surface area contributed by atoms with Crippen LogP contribution >= 0.6 is 11.6 Å². The van der Waals surface area contributed by atoms with E-state index in [0.717, 1.165) is 0 Å². The summed E-state index contributed by atoms with van der Waals surface area (Å²) in [6.45, 7) is -0.456. The Morgan fingerprint density at radius 2 is 1.50 bits per heavy atom. The number of carbonyl (C=O) groups excluding carboxylic acids is 4. The molecule has 9 heteroatoms. The summed E-state index contributed by atoms with van der Waals surface area (Å²) >= 11 is 5.73. The van der Waals surface area contributed by atoms with Crippen LogP contribution in [0.3, 0.4) is 0 Å². The van der Waals surface area contributed by atoms with Crippen molar-refractivity contribution < 1.29 is 23.9 Å². The zero-order chi connectivity index (χ0) is 20.4. The second-order valence-corrected chi connectivity index (χ2v) is 6.02. The smallest absolute Gasteiger partial charge is 0.306 e. The van der Waals surface area contributed by atoms with Crippen molar-refractivity contribution in [1.29, 1.82) is 0 Å². The molecule has 0 spiro atoms. The molecule has 2 aromatic rings. The number of ether oxygens (including phenoxy) is 1. The van der Waals surface area contributed by atoms with Gasteiger partial charge in [-0.25, -0.2) is 0 Å². The van der Waals surface area contributed by atoms with Gasteiger partial charge in [0.2, 0.25) is 5.91 Å². The van der Waals surface area contributed by atoms with Crippen LogP contribution in [0.1, 0.15) is 23.2 Å². The van der Waals surface area contributed by atoms with Gasteiger partial charge in [0, 0.05) is 22.7 Å². The Balaban J connectivity index is 1.62. The van der Waals surface area contributed by atoms with E-state index in [9.17, 15) is 19.2 Å². The topological polar surface area (TPSA) is 114 Å². The maximum atomic E-state index is 11.8. The predicted octanol–water partition coefficient (Wildman–Crippen LogP) is 2.06. The molecule has 0 unspecified atom stereocenters. The summed E-state index contributed by atoms with van der Waals surface area (Å²) in [5, 5.41) is 3.05. The van der Waals surface area contributed by atoms with Crippen molar-refractivity contribution in [3.05, 3.63) is 65.2 Å². The van der Waals surface area contributed by atoms with E-state index in [1.807, 2.05) is 0 Å². The van der Waals surface area contributed by atoms with Crippen LogP contribution in [0.5, 0.6) is 0 Å². The van der Waals surface area contributed by atoms with E-state index in [4.69, 9.17) is 16.3 Å². The number of anilines is 1. The molecule has 0 saturated carbocycles. The van der Waals surface area contributed by atoms with Gasteiger partial charge in [-0.1, -0.05) is 29.8 Å². The van der Waals surface area contributed by atoms with Crippen molar-refractivity contribution in [3.63, 3.8) is 0 Å². The highest BCUT2D eigenvalue weighted by atomic mass is 35.5. The Morgan fingerprint density at radius 3 is 2.18 bits per heavy atom. The highest BCUT2D eigenvalue weighted by Crippen LogP contribution is 2.09. The fourth-order valence-corrected chi connectivity index (χ4v) is 2.14. The van der Waals surface area contributed by atoms with E-state index in [2.05, 4.69) is 16.2 Å². The van der Waals surface area contributed by atoms with Crippen LogP contribution in [0, 0.1) is 0 Å². The number of hydrogen-bond donors (Lipinski definition) is 3. The second kappa shape index (κ2) is 10.7. The van der Waals surface area contributed by atoms with Crippen molar-refractivity contribution in [1.82, 2.24) is 10.9 Å². The monoisotopic (exact) mass is 403 g/mol. The number of hydrazine groups is 1. The highest BCUT2D eigenvalue weighted by molar-refractivity contribution is 6.30. The molecule has 0 aromatic heterocycles. The largest absolute Gasteiger partial charge is 0.456 e. The third-order valence-corrected chi connectivity index (χ3v) is 3.65. The minimum atomic E-state index is -0.706. The number of hydrogen-bond acceptors (Lipinski definition) is 5. The number of nitrogens with one attached hydrogen (secondary N) is 3. The third kappa shape index (κ3) is 7.46. The Labute approximate surface area is 166 Å². The lowest BCUT2D eigenvalue weighted by Gasteiger charge is -2.08. The Morgan fingerprint density at radius 1 is 0.821 bits per heavy atom. The minimum absolute atomic E-state index is 0.208. The Hall–Kier alpha value is -3.39. The molecule has 0 radical (unpaired) electrons. The van der Waals surface area contributed by atoms with Crippen LogP contribution < -0.4 is 16.2 Å². The van der Waals surface area contributed by atoms with Gasteiger partial charge in [0.1, 0.15) is 0 Å². The van der Waals surface area contributed by atoms with Crippen molar-refractivity contribution in [2.24, 2.45) is 0 Å². The summed E-state index contributed by atoms with van der Waals surface area (Å²) in [6, 6.07) is 14.8. The van der Waals surface area contributed by atoms with E-state index in [1.54, 1.807) is 42.5 Å². The average molecular weight is 404 g/mol. The van der Waals surface area contributed by atoms with E-state index in [-0.39, 0.29) is 12.8 Å². The van der Waals surface area contributed by atoms with Crippen molar-refractivity contribution in [2.45, 2.75) is 12.8 Å². The van der Waals surface area contributed by atoms with Crippen LogP contribution in [-0.4, -0.2) is 30.3 Å². The van der Waals surface area contributed by atoms with Crippen molar-refractivity contribution in [3.8, 4) is 0 Å². The maximum Gasteiger partial charge on any atom is 0.306 e. The molecule has 146 valence electrons. The molecule has 3 N–H and O–H groups in total. The first-order valence-electron chi connectivity index (χ1n) is 8.29. The number of esters is 1. The molecular weight excluding hydrogens is 386 g/mol. The number of para-hydroxylation sites is 1. The fourth-order valence-electron chi connectivity index (χ4n) is 2.01. The molecular formula is C19H18ClN3O5. The molecule has 28 heavy (non-hydrogen) atoms.